The molecule has 0 aromatic carbocycles. The van der Waals surface area contributed by atoms with Crippen molar-refractivity contribution in [2.24, 2.45) is 7.05 Å². The van der Waals surface area contributed by atoms with E-state index in [1.807, 2.05) is 25.7 Å². The van der Waals surface area contributed by atoms with Crippen molar-refractivity contribution in [3.8, 4) is 0 Å². The number of anilines is 1. The second kappa shape index (κ2) is 13.0. The van der Waals surface area contributed by atoms with Crippen LogP contribution in [0.2, 0.25) is 0 Å². The summed E-state index contributed by atoms with van der Waals surface area (Å²) in [6.45, 7) is 0.649. The van der Waals surface area contributed by atoms with E-state index in [1.165, 1.54) is 0 Å². The quantitative estimate of drug-likeness (QED) is 0.480. The predicted octanol–water partition coefficient (Wildman–Crippen LogP) is 3.41. The van der Waals surface area contributed by atoms with Crippen molar-refractivity contribution in [1.82, 2.24) is 24.8 Å². The van der Waals surface area contributed by atoms with Gasteiger partial charge in [-0.15, -0.1) is 0 Å². The van der Waals surface area contributed by atoms with Crippen LogP contribution in [0.5, 0.6) is 0 Å². The predicted molar refractivity (Wildman–Crippen MR) is 107 cm³/mol. The van der Waals surface area contributed by atoms with E-state index in [0.29, 0.717) is 6.54 Å². The summed E-state index contributed by atoms with van der Waals surface area (Å²) >= 11 is 7.39. The first-order chi connectivity index (χ1) is 8.99. The van der Waals surface area contributed by atoms with E-state index >= 15 is 0 Å². The molecule has 2 rings (SSSR count). The van der Waals surface area contributed by atoms with Gasteiger partial charge in [0.2, 0.25) is 0 Å². The molecule has 0 aliphatic heterocycles. The van der Waals surface area contributed by atoms with Gasteiger partial charge in [0.05, 0.1) is 12.9 Å². The number of aromatic nitrogens is 4. The van der Waals surface area contributed by atoms with Crippen LogP contribution in [0, 0.1) is 0 Å². The normalized spacial score (nSPS) is 9.48. The van der Waals surface area contributed by atoms with Crippen LogP contribution < -0.4 is 10.6 Å². The molecule has 11 heteroatoms. The van der Waals surface area contributed by atoms with Gasteiger partial charge in [0.25, 0.3) is 0 Å². The number of nitrogens with one attached hydrogen (secondary N) is 2. The van der Waals surface area contributed by atoms with Crippen molar-refractivity contribution in [2.45, 2.75) is 14.0 Å². The van der Waals surface area contributed by atoms with Crippen LogP contribution in [0.4, 0.5) is 5.82 Å². The van der Waals surface area contributed by atoms with Gasteiger partial charge in [-0.25, -0.2) is 15.0 Å². The van der Waals surface area contributed by atoms with Gasteiger partial charge in [0, 0.05) is 32.7 Å². The first-order valence-corrected chi connectivity index (χ1v) is 18.8. The largest absolute Gasteiger partial charge is 0 e. The molecule has 0 spiro atoms. The summed E-state index contributed by atoms with van der Waals surface area (Å²) in [5, 5.41) is 6.06. The molecule has 0 unspecified atom stereocenters. The smallest absolute Gasteiger partial charge is 0 e. The Bertz CT molecular complexity index is 534. The van der Waals surface area contributed by atoms with E-state index in [9.17, 15) is 0 Å². The first-order valence-electron chi connectivity index (χ1n) is 5.27. The van der Waals surface area contributed by atoms with Crippen LogP contribution in [-0.4, -0.2) is 33.6 Å². The van der Waals surface area contributed by atoms with Gasteiger partial charge < -0.3 is 15.2 Å². The van der Waals surface area contributed by atoms with Crippen molar-refractivity contribution >= 4 is 76.9 Å². The Labute approximate surface area is 175 Å². The Morgan fingerprint density at radius 3 is 2.29 bits per heavy atom. The summed E-state index contributed by atoms with van der Waals surface area (Å²) in [7, 11) is 5.63. The number of halogens is 3. The van der Waals surface area contributed by atoms with E-state index < -0.39 is 0 Å². The number of hydrogen-bond acceptors (Lipinski definition) is 5. The van der Waals surface area contributed by atoms with Gasteiger partial charge in [-0.05, 0) is 7.05 Å². The molecule has 119 valence electrons. The Kier molecular flexibility index (Phi) is 15.4. The van der Waals surface area contributed by atoms with E-state index in [-0.39, 0.29) is 30.9 Å². The van der Waals surface area contributed by atoms with Crippen LogP contribution in [0.15, 0.2) is 6.33 Å². The van der Waals surface area contributed by atoms with Gasteiger partial charge in [-0.2, -0.15) is 0 Å². The molecule has 0 aliphatic carbocycles. The molecule has 1 radical (unpaired) electrons. The van der Waals surface area contributed by atoms with E-state index in [4.69, 9.17) is 0 Å². The average Bonchev–Trinajstić information content (AvgIpc) is 2.70. The molecule has 6 nitrogen and oxygen atoms in total. The van der Waals surface area contributed by atoms with Crippen LogP contribution in [0.25, 0.3) is 11.2 Å². The first kappa shape index (κ1) is 24.9. The topological polar surface area (TPSA) is 67.7 Å². The van der Waals surface area contributed by atoms with Crippen LogP contribution >= 0.6 is 59.9 Å². The molecule has 0 fully saturated rings. The molecule has 2 heterocycles. The summed E-state index contributed by atoms with van der Waals surface area (Å²) in [6, 6.07) is 0. The molecule has 2 N–H and O–H groups in total. The summed E-state index contributed by atoms with van der Waals surface area (Å²) in [4.78, 5) is 12.7. The minimum absolute atomic E-state index is 0. The van der Waals surface area contributed by atoms with Gasteiger partial charge in [-0.1, -0.05) is 7.43 Å². The van der Waals surface area contributed by atoms with Crippen LogP contribution in [-0.2, 0) is 37.1 Å². The average molecular weight is 705 g/mol. The van der Waals surface area contributed by atoms with E-state index in [0.717, 1.165) is 22.8 Å². The SMILES string of the molecule is C.CNCc1nc(NC)c2ncn(C)c2n1.[I][V]([I])[I].[V]. The minimum Gasteiger partial charge on any atom is 0 e. The molecule has 0 aliphatic rings. The van der Waals surface area contributed by atoms with Gasteiger partial charge in [-0.3, -0.25) is 0 Å². The number of aryl methyl sites for hydroxylation is 1. The van der Waals surface area contributed by atoms with E-state index in [1.54, 1.807) is 6.33 Å². The van der Waals surface area contributed by atoms with E-state index in [2.05, 4.69) is 85.5 Å². The fraction of sp³-hybridized carbons (Fsp3) is 0.500. The van der Waals surface area contributed by atoms with Crippen LogP contribution in [0.3, 0.4) is 0 Å². The molecular weight excluding hydrogens is 687 g/mol. The fourth-order valence-corrected chi connectivity index (χ4v) is 1.46. The minimum atomic E-state index is -0.278. The third kappa shape index (κ3) is 8.36. The monoisotopic (exact) mass is 705 g/mol. The Balaban J connectivity index is 0. The molecule has 0 bridgehead atoms. The van der Waals surface area contributed by atoms with Crippen molar-refractivity contribution < 1.29 is 23.5 Å². The molecule has 0 saturated carbocycles. The van der Waals surface area contributed by atoms with Crippen molar-refractivity contribution in [3.05, 3.63) is 12.2 Å². The zero-order valence-electron chi connectivity index (χ0n) is 11.1. The third-order valence-electron chi connectivity index (χ3n) is 2.18. The second-order valence-electron chi connectivity index (χ2n) is 3.49. The summed E-state index contributed by atoms with van der Waals surface area (Å²) in [6.07, 6.45) is 1.74. The Morgan fingerprint density at radius 2 is 1.81 bits per heavy atom. The number of hydrogen-bond donors (Lipinski definition) is 2. The summed E-state index contributed by atoms with van der Waals surface area (Å²) in [5.41, 5.74) is 1.65. The van der Waals surface area contributed by atoms with Gasteiger partial charge >= 0.3 is 64.9 Å². The molecule has 2 aromatic heterocycles. The van der Waals surface area contributed by atoms with Gasteiger partial charge in [0.1, 0.15) is 11.3 Å². The maximum absolute atomic E-state index is 4.42. The number of rotatable bonds is 3. The van der Waals surface area contributed by atoms with Crippen molar-refractivity contribution in [2.75, 3.05) is 19.4 Å². The number of fused-ring (bicyclic) bond motifs is 1. The van der Waals surface area contributed by atoms with Crippen molar-refractivity contribution in [3.63, 3.8) is 0 Å². The molecule has 21 heavy (non-hydrogen) atoms. The van der Waals surface area contributed by atoms with Gasteiger partial charge in [0.15, 0.2) is 11.5 Å². The molecule has 2 aromatic rings. The van der Waals surface area contributed by atoms with Crippen molar-refractivity contribution in [1.29, 1.82) is 0 Å². The number of imidazole rings is 1. The summed E-state index contributed by atoms with van der Waals surface area (Å²) < 4.78 is 1.89. The second-order valence-corrected chi connectivity index (χ2v) is 38.9. The maximum atomic E-state index is 4.42. The zero-order chi connectivity index (χ0) is 14.4. The third-order valence-corrected chi connectivity index (χ3v) is 2.18. The standard InChI is InChI=1S/C9H14N6.CH4.3HI.2V/c1-10-4-6-13-8(11-2)7-9(14-6)15(3)5-12-7;;;;;;/h5,10H,4H2,1-3H3,(H,11,13,14);1H4;3*1H;;/q;;;;;;+3/p-3. The Morgan fingerprint density at radius 1 is 1.24 bits per heavy atom. The molecule has 0 amide bonds. The zero-order valence-corrected chi connectivity index (χ0v) is 20.4. The molecule has 0 atom stereocenters. The van der Waals surface area contributed by atoms with Crippen LogP contribution in [0.1, 0.15) is 13.3 Å². The Hall–Kier alpha value is 1.67. The number of nitrogens with zero attached hydrogens (tertiary/aromatic N) is 4. The molecular formula is C10H18I3N6V2. The maximum Gasteiger partial charge on any atom is 0 e. The fourth-order valence-electron chi connectivity index (χ4n) is 1.46. The molecule has 0 saturated heterocycles. The summed E-state index contributed by atoms with van der Waals surface area (Å²) in [5.74, 6) is 1.53.